The van der Waals surface area contributed by atoms with Crippen LogP contribution in [-0.4, -0.2) is 57.4 Å². The lowest BCUT2D eigenvalue weighted by Gasteiger charge is -2.36. The number of anilines is 1. The molecule has 0 atom stereocenters. The monoisotopic (exact) mass is 277 g/mol. The van der Waals surface area contributed by atoms with Gasteiger partial charge in [0.2, 0.25) is 0 Å². The molecule has 0 aromatic heterocycles. The van der Waals surface area contributed by atoms with E-state index >= 15 is 0 Å². The third-order valence-corrected chi connectivity index (χ3v) is 3.61. The summed E-state index contributed by atoms with van der Waals surface area (Å²) in [6.45, 7) is 6.51. The number of amides is 2. The van der Waals surface area contributed by atoms with Crippen molar-refractivity contribution in [3.05, 3.63) is 29.8 Å². The Hall–Kier alpha value is -1.75. The van der Waals surface area contributed by atoms with E-state index in [1.807, 2.05) is 4.90 Å². The molecule has 1 saturated heterocycles. The number of benzene rings is 1. The second kappa shape index (κ2) is 7.14. The van der Waals surface area contributed by atoms with Crippen molar-refractivity contribution in [2.24, 2.45) is 0 Å². The number of carbonyl (C=O) groups is 1. The summed E-state index contributed by atoms with van der Waals surface area (Å²) in [5, 5.41) is 2.86. The minimum Gasteiger partial charge on any atom is -0.383 e. The number of hydrogen-bond donors (Lipinski definition) is 1. The van der Waals surface area contributed by atoms with Gasteiger partial charge in [-0.1, -0.05) is 18.2 Å². The summed E-state index contributed by atoms with van der Waals surface area (Å²) in [5.74, 6) is 0. The van der Waals surface area contributed by atoms with Crippen LogP contribution in [0.5, 0.6) is 0 Å². The van der Waals surface area contributed by atoms with Gasteiger partial charge in [-0.3, -0.25) is 0 Å². The first-order chi connectivity index (χ1) is 9.72. The van der Waals surface area contributed by atoms with Gasteiger partial charge < -0.3 is 19.9 Å². The van der Waals surface area contributed by atoms with E-state index in [9.17, 15) is 4.79 Å². The number of methoxy groups -OCH3 is 1. The Balaban J connectivity index is 1.83. The van der Waals surface area contributed by atoms with Crippen molar-refractivity contribution in [3.8, 4) is 0 Å². The molecule has 1 N–H and O–H groups in total. The highest BCUT2D eigenvalue weighted by atomic mass is 16.5. The van der Waals surface area contributed by atoms with Crippen molar-refractivity contribution in [3.63, 3.8) is 0 Å². The standard InChI is InChI=1S/C15H23N3O2/c1-13-5-3-4-6-14(13)17-8-10-18(11-9-17)15(19)16-7-12-20-2/h3-6H,7-12H2,1-2H3,(H,16,19). The quantitative estimate of drug-likeness (QED) is 0.848. The van der Waals surface area contributed by atoms with E-state index < -0.39 is 0 Å². The van der Waals surface area contributed by atoms with Crippen LogP contribution in [-0.2, 0) is 4.74 Å². The van der Waals surface area contributed by atoms with E-state index in [1.165, 1.54) is 11.3 Å². The number of nitrogens with one attached hydrogen (secondary N) is 1. The number of carbonyl (C=O) groups excluding carboxylic acids is 1. The summed E-state index contributed by atoms with van der Waals surface area (Å²) < 4.78 is 4.93. The van der Waals surface area contributed by atoms with Crippen molar-refractivity contribution >= 4 is 11.7 Å². The van der Waals surface area contributed by atoms with E-state index in [1.54, 1.807) is 7.11 Å². The second-order valence-corrected chi connectivity index (χ2v) is 4.99. The van der Waals surface area contributed by atoms with E-state index in [2.05, 4.69) is 41.4 Å². The summed E-state index contributed by atoms with van der Waals surface area (Å²) in [4.78, 5) is 16.1. The van der Waals surface area contributed by atoms with Gasteiger partial charge >= 0.3 is 6.03 Å². The van der Waals surface area contributed by atoms with Crippen LogP contribution in [0.4, 0.5) is 10.5 Å². The average Bonchev–Trinajstić information content (AvgIpc) is 2.48. The normalized spacial score (nSPS) is 15.3. The fourth-order valence-corrected chi connectivity index (χ4v) is 2.44. The highest BCUT2D eigenvalue weighted by Gasteiger charge is 2.21. The molecule has 0 aliphatic carbocycles. The number of nitrogens with zero attached hydrogens (tertiary/aromatic N) is 2. The molecular formula is C15H23N3O2. The van der Waals surface area contributed by atoms with Gasteiger partial charge in [0.1, 0.15) is 0 Å². The van der Waals surface area contributed by atoms with Crippen LogP contribution in [0.25, 0.3) is 0 Å². The predicted molar refractivity (Wildman–Crippen MR) is 80.2 cm³/mol. The highest BCUT2D eigenvalue weighted by Crippen LogP contribution is 2.20. The lowest BCUT2D eigenvalue weighted by Crippen LogP contribution is -2.52. The molecule has 1 aliphatic rings. The molecule has 20 heavy (non-hydrogen) atoms. The molecule has 5 heteroatoms. The van der Waals surface area contributed by atoms with Gasteiger partial charge in [-0.25, -0.2) is 4.79 Å². The molecule has 2 amide bonds. The van der Waals surface area contributed by atoms with Gasteiger partial charge in [0.05, 0.1) is 6.61 Å². The molecular weight excluding hydrogens is 254 g/mol. The smallest absolute Gasteiger partial charge is 0.317 e. The minimum atomic E-state index is 0.00600. The fraction of sp³-hybridized carbons (Fsp3) is 0.533. The van der Waals surface area contributed by atoms with Crippen LogP contribution in [0, 0.1) is 6.92 Å². The minimum absolute atomic E-state index is 0.00600. The number of ether oxygens (including phenoxy) is 1. The summed E-state index contributed by atoms with van der Waals surface area (Å²) >= 11 is 0. The molecule has 1 aromatic carbocycles. The topological polar surface area (TPSA) is 44.8 Å². The van der Waals surface area contributed by atoms with Crippen molar-refractivity contribution in [2.45, 2.75) is 6.92 Å². The lowest BCUT2D eigenvalue weighted by atomic mass is 10.1. The van der Waals surface area contributed by atoms with Crippen molar-refractivity contribution in [1.82, 2.24) is 10.2 Å². The number of para-hydroxylation sites is 1. The van der Waals surface area contributed by atoms with E-state index in [4.69, 9.17) is 4.74 Å². The van der Waals surface area contributed by atoms with Crippen LogP contribution in [0.3, 0.4) is 0 Å². The Morgan fingerprint density at radius 2 is 1.95 bits per heavy atom. The summed E-state index contributed by atoms with van der Waals surface area (Å²) in [5.41, 5.74) is 2.55. The number of piperazine rings is 1. The van der Waals surface area contributed by atoms with Crippen LogP contribution in [0.15, 0.2) is 24.3 Å². The number of aryl methyl sites for hydroxylation is 1. The number of rotatable bonds is 4. The van der Waals surface area contributed by atoms with E-state index in [0.717, 1.165) is 26.2 Å². The molecule has 2 rings (SSSR count). The van der Waals surface area contributed by atoms with Crippen LogP contribution < -0.4 is 10.2 Å². The Bertz CT molecular complexity index is 442. The molecule has 1 fully saturated rings. The zero-order valence-electron chi connectivity index (χ0n) is 12.3. The summed E-state index contributed by atoms with van der Waals surface area (Å²) in [6.07, 6.45) is 0. The Kier molecular flexibility index (Phi) is 5.24. The van der Waals surface area contributed by atoms with E-state index in [-0.39, 0.29) is 6.03 Å². The molecule has 0 bridgehead atoms. The zero-order chi connectivity index (χ0) is 14.4. The zero-order valence-corrected chi connectivity index (χ0v) is 12.3. The fourth-order valence-electron chi connectivity index (χ4n) is 2.44. The highest BCUT2D eigenvalue weighted by molar-refractivity contribution is 5.74. The average molecular weight is 277 g/mol. The van der Waals surface area contributed by atoms with Crippen LogP contribution in [0.1, 0.15) is 5.56 Å². The molecule has 0 unspecified atom stereocenters. The first-order valence-electron chi connectivity index (χ1n) is 7.04. The van der Waals surface area contributed by atoms with Crippen molar-refractivity contribution < 1.29 is 9.53 Å². The molecule has 0 saturated carbocycles. The molecule has 0 radical (unpaired) electrons. The molecule has 1 aliphatic heterocycles. The van der Waals surface area contributed by atoms with Gasteiger partial charge in [-0.05, 0) is 18.6 Å². The lowest BCUT2D eigenvalue weighted by molar-refractivity contribution is 0.177. The first-order valence-corrected chi connectivity index (χ1v) is 7.04. The maximum absolute atomic E-state index is 11.9. The molecule has 5 nitrogen and oxygen atoms in total. The number of hydrogen-bond acceptors (Lipinski definition) is 3. The van der Waals surface area contributed by atoms with Crippen LogP contribution in [0.2, 0.25) is 0 Å². The molecule has 110 valence electrons. The van der Waals surface area contributed by atoms with Gasteiger partial charge in [0.15, 0.2) is 0 Å². The Labute approximate surface area is 120 Å². The molecule has 1 aromatic rings. The maximum atomic E-state index is 11.9. The van der Waals surface area contributed by atoms with Gasteiger partial charge in [0, 0.05) is 45.5 Å². The van der Waals surface area contributed by atoms with Gasteiger partial charge in [0.25, 0.3) is 0 Å². The Morgan fingerprint density at radius 3 is 2.60 bits per heavy atom. The van der Waals surface area contributed by atoms with Crippen molar-refractivity contribution in [2.75, 3.05) is 51.3 Å². The summed E-state index contributed by atoms with van der Waals surface area (Å²) in [6, 6.07) is 8.39. The second-order valence-electron chi connectivity index (χ2n) is 4.99. The molecule has 1 heterocycles. The molecule has 0 spiro atoms. The number of urea groups is 1. The third-order valence-electron chi connectivity index (χ3n) is 3.61. The van der Waals surface area contributed by atoms with Gasteiger partial charge in [-0.15, -0.1) is 0 Å². The maximum Gasteiger partial charge on any atom is 0.317 e. The van der Waals surface area contributed by atoms with Gasteiger partial charge in [-0.2, -0.15) is 0 Å². The van der Waals surface area contributed by atoms with Crippen LogP contribution >= 0.6 is 0 Å². The third kappa shape index (κ3) is 3.63. The van der Waals surface area contributed by atoms with E-state index in [0.29, 0.717) is 13.2 Å². The largest absolute Gasteiger partial charge is 0.383 e. The predicted octanol–water partition coefficient (Wildman–Crippen LogP) is 1.47. The SMILES string of the molecule is COCCNC(=O)N1CCN(c2ccccc2C)CC1. The first kappa shape index (κ1) is 14.7. The summed E-state index contributed by atoms with van der Waals surface area (Å²) in [7, 11) is 1.63. The van der Waals surface area contributed by atoms with Crippen molar-refractivity contribution in [1.29, 1.82) is 0 Å². The Morgan fingerprint density at radius 1 is 1.25 bits per heavy atom.